The van der Waals surface area contributed by atoms with Gasteiger partial charge in [0.1, 0.15) is 18.1 Å². The summed E-state index contributed by atoms with van der Waals surface area (Å²) >= 11 is 1.33. The van der Waals surface area contributed by atoms with Crippen molar-refractivity contribution in [3.63, 3.8) is 0 Å². The Morgan fingerprint density at radius 3 is 2.25 bits per heavy atom. The largest absolute Gasteiger partial charge is 0.494 e. The second-order valence-electron chi connectivity index (χ2n) is 8.32. The van der Waals surface area contributed by atoms with Crippen LogP contribution in [0.15, 0.2) is 53.7 Å². The number of nitrogens with one attached hydrogen (secondary N) is 1. The molecule has 0 bridgehead atoms. The molecule has 0 aliphatic rings. The highest BCUT2D eigenvalue weighted by atomic mass is 32.2. The summed E-state index contributed by atoms with van der Waals surface area (Å²) in [6, 6.07) is 15.4. The zero-order valence-corrected chi connectivity index (χ0v) is 20.0. The first kappa shape index (κ1) is 23.7. The van der Waals surface area contributed by atoms with Crippen molar-refractivity contribution in [3.8, 4) is 11.5 Å². The van der Waals surface area contributed by atoms with Crippen molar-refractivity contribution in [2.24, 2.45) is 7.05 Å². The Morgan fingerprint density at radius 1 is 1.00 bits per heavy atom. The van der Waals surface area contributed by atoms with E-state index in [0.29, 0.717) is 24.2 Å². The molecular weight excluding hydrogens is 424 g/mol. The number of anilines is 1. The maximum absolute atomic E-state index is 12.3. The van der Waals surface area contributed by atoms with Crippen molar-refractivity contribution in [1.82, 2.24) is 14.8 Å². The Hall–Kier alpha value is -3.00. The highest BCUT2D eigenvalue weighted by Gasteiger charge is 2.14. The van der Waals surface area contributed by atoms with Crippen LogP contribution < -0.4 is 14.8 Å². The van der Waals surface area contributed by atoms with Crippen LogP contribution in [-0.2, 0) is 23.9 Å². The monoisotopic (exact) mass is 454 g/mol. The van der Waals surface area contributed by atoms with Gasteiger partial charge in [-0.25, -0.2) is 0 Å². The fourth-order valence-electron chi connectivity index (χ4n) is 2.92. The number of ether oxygens (including phenoxy) is 2. The molecule has 0 spiro atoms. The first-order valence-corrected chi connectivity index (χ1v) is 11.5. The van der Waals surface area contributed by atoms with Gasteiger partial charge >= 0.3 is 0 Å². The molecule has 170 valence electrons. The van der Waals surface area contributed by atoms with Crippen LogP contribution in [0, 0.1) is 0 Å². The predicted molar refractivity (Wildman–Crippen MR) is 127 cm³/mol. The smallest absolute Gasteiger partial charge is 0.234 e. The van der Waals surface area contributed by atoms with E-state index < -0.39 is 0 Å². The predicted octanol–water partition coefficient (Wildman–Crippen LogP) is 4.82. The summed E-state index contributed by atoms with van der Waals surface area (Å²) in [4.78, 5) is 12.3. The summed E-state index contributed by atoms with van der Waals surface area (Å²) in [5, 5.41) is 11.9. The van der Waals surface area contributed by atoms with Gasteiger partial charge in [0.25, 0.3) is 0 Å². The second kappa shape index (κ2) is 10.5. The third-order valence-corrected chi connectivity index (χ3v) is 5.82. The Labute approximate surface area is 193 Å². The summed E-state index contributed by atoms with van der Waals surface area (Å²) in [5.74, 6) is 2.37. The van der Waals surface area contributed by atoms with Crippen molar-refractivity contribution in [3.05, 3.63) is 59.9 Å². The van der Waals surface area contributed by atoms with E-state index in [9.17, 15) is 4.79 Å². The molecule has 1 aromatic heterocycles. The molecule has 0 aliphatic carbocycles. The average Bonchev–Trinajstić information content (AvgIpc) is 3.11. The number of benzene rings is 2. The lowest BCUT2D eigenvalue weighted by atomic mass is 9.87. The van der Waals surface area contributed by atoms with Crippen LogP contribution in [0.2, 0.25) is 0 Å². The van der Waals surface area contributed by atoms with Crippen molar-refractivity contribution in [2.75, 3.05) is 17.7 Å². The van der Waals surface area contributed by atoms with E-state index in [-0.39, 0.29) is 17.1 Å². The number of rotatable bonds is 9. The molecule has 0 fully saturated rings. The van der Waals surface area contributed by atoms with Gasteiger partial charge in [-0.05, 0) is 54.3 Å². The van der Waals surface area contributed by atoms with E-state index in [4.69, 9.17) is 9.47 Å². The number of hydrogen-bond acceptors (Lipinski definition) is 6. The molecule has 0 aliphatic heterocycles. The van der Waals surface area contributed by atoms with Gasteiger partial charge in [0, 0.05) is 12.7 Å². The molecule has 7 nitrogen and oxygen atoms in total. The number of carbonyl (C=O) groups excluding carboxylic acids is 1. The molecule has 0 radical (unpaired) electrons. The standard InChI is InChI=1S/C24H30N4O3S/c1-6-30-19-13-9-18(10-14-19)25-22(29)16-32-23-27-26-21(28(23)5)15-31-20-11-7-17(8-12-20)24(2,3)4/h7-14H,6,15-16H2,1-5H3,(H,25,29). The summed E-state index contributed by atoms with van der Waals surface area (Å²) in [6.45, 7) is 9.38. The van der Waals surface area contributed by atoms with Crippen LogP contribution in [0.1, 0.15) is 39.1 Å². The van der Waals surface area contributed by atoms with E-state index in [1.165, 1.54) is 17.3 Å². The van der Waals surface area contributed by atoms with Gasteiger partial charge in [-0.1, -0.05) is 44.7 Å². The van der Waals surface area contributed by atoms with Gasteiger partial charge < -0.3 is 19.4 Å². The third kappa shape index (κ3) is 6.50. The van der Waals surface area contributed by atoms with Gasteiger partial charge in [0.05, 0.1) is 12.4 Å². The molecule has 1 heterocycles. The molecule has 3 rings (SSSR count). The summed E-state index contributed by atoms with van der Waals surface area (Å²) in [5.41, 5.74) is 2.09. The molecule has 32 heavy (non-hydrogen) atoms. The summed E-state index contributed by atoms with van der Waals surface area (Å²) < 4.78 is 13.1. The lowest BCUT2D eigenvalue weighted by molar-refractivity contribution is -0.113. The molecule has 1 N–H and O–H groups in total. The van der Waals surface area contributed by atoms with Crippen molar-refractivity contribution >= 4 is 23.4 Å². The van der Waals surface area contributed by atoms with Gasteiger partial charge in [-0.3, -0.25) is 4.79 Å². The Bertz CT molecular complexity index is 1020. The lowest BCUT2D eigenvalue weighted by Gasteiger charge is -2.19. The Balaban J connectivity index is 1.49. The first-order valence-electron chi connectivity index (χ1n) is 10.5. The minimum absolute atomic E-state index is 0.105. The molecule has 0 unspecified atom stereocenters. The molecule has 3 aromatic rings. The maximum atomic E-state index is 12.3. The molecule has 2 aromatic carbocycles. The summed E-state index contributed by atoms with van der Waals surface area (Å²) in [7, 11) is 1.87. The highest BCUT2D eigenvalue weighted by Crippen LogP contribution is 2.25. The van der Waals surface area contributed by atoms with Gasteiger partial charge in [-0.15, -0.1) is 10.2 Å². The Morgan fingerprint density at radius 2 is 1.62 bits per heavy atom. The van der Waals surface area contributed by atoms with Crippen molar-refractivity contribution < 1.29 is 14.3 Å². The number of amides is 1. The normalized spacial score (nSPS) is 11.3. The van der Waals surface area contributed by atoms with E-state index >= 15 is 0 Å². The van der Waals surface area contributed by atoms with Crippen LogP contribution >= 0.6 is 11.8 Å². The molecule has 0 saturated heterocycles. The number of thioether (sulfide) groups is 1. The van der Waals surface area contributed by atoms with Crippen LogP contribution in [0.3, 0.4) is 0 Å². The average molecular weight is 455 g/mol. The highest BCUT2D eigenvalue weighted by molar-refractivity contribution is 7.99. The van der Waals surface area contributed by atoms with Crippen LogP contribution in [0.5, 0.6) is 11.5 Å². The van der Waals surface area contributed by atoms with E-state index in [0.717, 1.165) is 17.2 Å². The number of hydrogen-bond donors (Lipinski definition) is 1. The molecule has 0 saturated carbocycles. The van der Waals surface area contributed by atoms with Gasteiger partial charge in [0.2, 0.25) is 5.91 Å². The minimum Gasteiger partial charge on any atom is -0.494 e. The summed E-state index contributed by atoms with van der Waals surface area (Å²) in [6.07, 6.45) is 0. The van der Waals surface area contributed by atoms with Gasteiger partial charge in [0.15, 0.2) is 11.0 Å². The molecule has 1 amide bonds. The van der Waals surface area contributed by atoms with Gasteiger partial charge in [-0.2, -0.15) is 0 Å². The van der Waals surface area contributed by atoms with E-state index in [2.05, 4.69) is 48.4 Å². The molecule has 0 atom stereocenters. The third-order valence-electron chi connectivity index (χ3n) is 4.79. The fraction of sp³-hybridized carbons (Fsp3) is 0.375. The molecule has 8 heteroatoms. The number of nitrogens with zero attached hydrogens (tertiary/aromatic N) is 3. The molecular formula is C24H30N4O3S. The van der Waals surface area contributed by atoms with Crippen molar-refractivity contribution in [1.29, 1.82) is 0 Å². The van der Waals surface area contributed by atoms with Crippen LogP contribution in [0.4, 0.5) is 5.69 Å². The zero-order chi connectivity index (χ0) is 23.1. The fourth-order valence-corrected chi connectivity index (χ4v) is 3.65. The van der Waals surface area contributed by atoms with E-state index in [1.807, 2.05) is 54.9 Å². The maximum Gasteiger partial charge on any atom is 0.234 e. The van der Waals surface area contributed by atoms with Crippen LogP contribution in [0.25, 0.3) is 0 Å². The van der Waals surface area contributed by atoms with Crippen LogP contribution in [-0.4, -0.2) is 33.0 Å². The van der Waals surface area contributed by atoms with E-state index in [1.54, 1.807) is 0 Å². The number of carbonyl (C=O) groups is 1. The lowest BCUT2D eigenvalue weighted by Crippen LogP contribution is -2.14. The topological polar surface area (TPSA) is 78.3 Å². The van der Waals surface area contributed by atoms with Crippen molar-refractivity contribution in [2.45, 2.75) is 44.9 Å². The SMILES string of the molecule is CCOc1ccc(NC(=O)CSc2nnc(COc3ccc(C(C)(C)C)cc3)n2C)cc1. The Kier molecular flexibility index (Phi) is 7.80. The number of aromatic nitrogens is 3. The second-order valence-corrected chi connectivity index (χ2v) is 9.26. The first-order chi connectivity index (χ1) is 15.3. The zero-order valence-electron chi connectivity index (χ0n) is 19.2. The minimum atomic E-state index is -0.112. The quantitative estimate of drug-likeness (QED) is 0.467.